The van der Waals surface area contributed by atoms with E-state index in [0.717, 1.165) is 80.7 Å². The van der Waals surface area contributed by atoms with Crippen molar-refractivity contribution in [1.82, 2.24) is 14.8 Å². The van der Waals surface area contributed by atoms with E-state index < -0.39 is 0 Å². The molecule has 0 radical (unpaired) electrons. The number of aliphatic imine (C=N–C) groups is 2. The van der Waals surface area contributed by atoms with Crippen molar-refractivity contribution >= 4 is 23.9 Å². The number of anilines is 1. The number of carbonyl (C=O) groups excluding carboxylic acids is 1. The number of likely N-dealkylation sites (tertiary alicyclic amines) is 2. The van der Waals surface area contributed by atoms with E-state index in [2.05, 4.69) is 25.2 Å². The lowest BCUT2D eigenvalue weighted by molar-refractivity contribution is -0.133. The third-order valence-corrected chi connectivity index (χ3v) is 7.36. The van der Waals surface area contributed by atoms with E-state index in [0.29, 0.717) is 6.42 Å². The summed E-state index contributed by atoms with van der Waals surface area (Å²) < 4.78 is 0. The molecule has 1 aliphatic carbocycles. The van der Waals surface area contributed by atoms with E-state index >= 15 is 0 Å². The molecule has 1 saturated carbocycles. The number of rotatable bonds is 7. The summed E-state index contributed by atoms with van der Waals surface area (Å²) >= 11 is 0. The molecule has 3 aliphatic heterocycles. The van der Waals surface area contributed by atoms with Crippen molar-refractivity contribution in [3.05, 3.63) is 36.2 Å². The Morgan fingerprint density at radius 3 is 2.78 bits per heavy atom. The highest BCUT2D eigenvalue weighted by Gasteiger charge is 2.43. The molecule has 4 heterocycles. The first-order chi connectivity index (χ1) is 15.8. The second-order valence-electron chi connectivity index (χ2n) is 9.52. The van der Waals surface area contributed by atoms with Crippen molar-refractivity contribution in [3.8, 4) is 0 Å². The fourth-order valence-electron chi connectivity index (χ4n) is 5.15. The molecule has 1 aromatic rings. The molecule has 1 amide bonds. The predicted octanol–water partition coefficient (Wildman–Crippen LogP) is 3.35. The van der Waals surface area contributed by atoms with Crippen LogP contribution in [-0.4, -0.2) is 65.6 Å². The topological polar surface area (TPSA) is 73.2 Å². The van der Waals surface area contributed by atoms with Crippen molar-refractivity contribution < 1.29 is 4.79 Å². The molecule has 1 N–H and O–H groups in total. The van der Waals surface area contributed by atoms with Gasteiger partial charge in [-0.2, -0.15) is 0 Å². The maximum absolute atomic E-state index is 12.1. The van der Waals surface area contributed by atoms with Crippen molar-refractivity contribution in [2.75, 3.05) is 38.0 Å². The number of hydrogen-bond acceptors (Lipinski definition) is 6. The summed E-state index contributed by atoms with van der Waals surface area (Å²) in [5.41, 5.74) is 0.998. The van der Waals surface area contributed by atoms with Gasteiger partial charge in [0.25, 0.3) is 0 Å². The Morgan fingerprint density at radius 1 is 1.16 bits per heavy atom. The van der Waals surface area contributed by atoms with Crippen LogP contribution in [0.25, 0.3) is 0 Å². The third kappa shape index (κ3) is 5.19. The number of aromatic nitrogens is 1. The number of guanidine groups is 1. The molecule has 2 saturated heterocycles. The predicted molar refractivity (Wildman–Crippen MR) is 128 cm³/mol. The summed E-state index contributed by atoms with van der Waals surface area (Å²) in [5, 5.41) is 3.47. The summed E-state index contributed by atoms with van der Waals surface area (Å²) in [6.45, 7) is 4.94. The molecular weight excluding hydrogens is 400 g/mol. The van der Waals surface area contributed by atoms with Gasteiger partial charge in [-0.1, -0.05) is 12.1 Å². The molecule has 170 valence electrons. The maximum atomic E-state index is 12.1. The van der Waals surface area contributed by atoms with E-state index in [9.17, 15) is 4.79 Å². The molecule has 3 fully saturated rings. The highest BCUT2D eigenvalue weighted by atomic mass is 16.2. The molecular formula is C25H34N6O. The van der Waals surface area contributed by atoms with Crippen molar-refractivity contribution in [2.24, 2.45) is 27.7 Å². The maximum Gasteiger partial charge on any atom is 0.227 e. The van der Waals surface area contributed by atoms with Gasteiger partial charge < -0.3 is 15.1 Å². The van der Waals surface area contributed by atoms with Gasteiger partial charge in [0.05, 0.1) is 6.42 Å². The van der Waals surface area contributed by atoms with Crippen LogP contribution in [0, 0.1) is 17.8 Å². The van der Waals surface area contributed by atoms with Gasteiger partial charge >= 0.3 is 0 Å². The lowest BCUT2D eigenvalue weighted by atomic mass is 9.90. The van der Waals surface area contributed by atoms with Gasteiger partial charge in [0.1, 0.15) is 5.82 Å². The number of piperidine rings is 1. The number of carbonyl (C=O) groups is 1. The van der Waals surface area contributed by atoms with Crippen LogP contribution in [0.2, 0.25) is 0 Å². The van der Waals surface area contributed by atoms with Crippen LogP contribution in [0.4, 0.5) is 5.82 Å². The lowest BCUT2D eigenvalue weighted by Gasteiger charge is -2.32. The fourth-order valence-corrected chi connectivity index (χ4v) is 5.15. The average molecular weight is 435 g/mol. The van der Waals surface area contributed by atoms with Crippen LogP contribution in [0.3, 0.4) is 0 Å². The number of amides is 1. The number of hydrogen-bond donors (Lipinski definition) is 1. The van der Waals surface area contributed by atoms with Crippen molar-refractivity contribution in [2.45, 2.75) is 44.9 Å². The molecule has 0 spiro atoms. The molecule has 7 heteroatoms. The van der Waals surface area contributed by atoms with Gasteiger partial charge in [-0.3, -0.25) is 4.79 Å². The first-order valence-electron chi connectivity index (χ1n) is 12.2. The SMILES string of the molecule is O=C(Cc1ccc(NCCC2CC2C2CCN(C3=NC=CCC=N3)CC2)nc1)N1CCC1. The smallest absolute Gasteiger partial charge is 0.227 e. The quantitative estimate of drug-likeness (QED) is 0.714. The standard InChI is InChI=1S/C25H34N6O/c32-24(30-12-3-13-30)16-19-4-5-23(29-18-19)26-11-6-21-17-22(21)20-7-14-31(15-8-20)25-27-9-1-2-10-28-25/h1,4-5,9-10,18,20-22H,2-3,6-8,11-17H2,(H,26,29). The molecule has 0 bridgehead atoms. The Kier molecular flexibility index (Phi) is 6.51. The van der Waals surface area contributed by atoms with Gasteiger partial charge in [-0.25, -0.2) is 15.0 Å². The molecule has 1 aromatic heterocycles. The highest BCUT2D eigenvalue weighted by molar-refractivity contribution is 5.89. The van der Waals surface area contributed by atoms with Crippen LogP contribution < -0.4 is 5.32 Å². The summed E-state index contributed by atoms with van der Waals surface area (Å²) in [4.78, 5) is 29.8. The minimum Gasteiger partial charge on any atom is -0.370 e. The van der Waals surface area contributed by atoms with Crippen molar-refractivity contribution in [1.29, 1.82) is 0 Å². The number of allylic oxidation sites excluding steroid dienone is 1. The van der Waals surface area contributed by atoms with E-state index in [4.69, 9.17) is 0 Å². The first kappa shape index (κ1) is 21.2. The molecule has 0 aromatic carbocycles. The zero-order valence-electron chi connectivity index (χ0n) is 18.8. The number of nitrogens with one attached hydrogen (secondary N) is 1. The first-order valence-corrected chi connectivity index (χ1v) is 12.2. The van der Waals surface area contributed by atoms with Crippen molar-refractivity contribution in [3.63, 3.8) is 0 Å². The molecule has 7 nitrogen and oxygen atoms in total. The second kappa shape index (κ2) is 9.84. The van der Waals surface area contributed by atoms with Crippen LogP contribution in [-0.2, 0) is 11.2 Å². The Labute approximate surface area is 190 Å². The van der Waals surface area contributed by atoms with Gasteiger partial charge in [0.2, 0.25) is 11.9 Å². The van der Waals surface area contributed by atoms with Gasteiger partial charge in [0.15, 0.2) is 0 Å². The molecule has 2 unspecified atom stereocenters. The van der Waals surface area contributed by atoms with Crippen LogP contribution >= 0.6 is 0 Å². The van der Waals surface area contributed by atoms with Crippen LogP contribution in [0.5, 0.6) is 0 Å². The fraction of sp³-hybridized carbons (Fsp3) is 0.600. The summed E-state index contributed by atoms with van der Waals surface area (Å²) in [7, 11) is 0. The Bertz CT molecular complexity index is 880. The molecule has 32 heavy (non-hydrogen) atoms. The van der Waals surface area contributed by atoms with Gasteiger partial charge in [0, 0.05) is 57.8 Å². The lowest BCUT2D eigenvalue weighted by Crippen LogP contribution is -2.42. The summed E-state index contributed by atoms with van der Waals surface area (Å²) in [6, 6.07) is 4.03. The molecule has 4 aliphatic rings. The normalized spacial score (nSPS) is 25.2. The van der Waals surface area contributed by atoms with Crippen LogP contribution in [0.1, 0.15) is 44.1 Å². The monoisotopic (exact) mass is 434 g/mol. The second-order valence-corrected chi connectivity index (χ2v) is 9.52. The van der Waals surface area contributed by atoms with Crippen LogP contribution in [0.15, 0.2) is 40.6 Å². The highest BCUT2D eigenvalue weighted by Crippen LogP contribution is 2.49. The van der Waals surface area contributed by atoms with E-state index in [1.807, 2.05) is 41.7 Å². The Balaban J connectivity index is 0.995. The summed E-state index contributed by atoms with van der Waals surface area (Å²) in [6.07, 6.45) is 15.3. The molecule has 2 atom stereocenters. The zero-order valence-corrected chi connectivity index (χ0v) is 18.8. The number of nitrogens with zero attached hydrogens (tertiary/aromatic N) is 5. The van der Waals surface area contributed by atoms with Gasteiger partial charge in [-0.15, -0.1) is 0 Å². The summed E-state index contributed by atoms with van der Waals surface area (Å²) in [5.74, 6) is 4.61. The number of pyridine rings is 1. The Hall–Kier alpha value is -2.70. The average Bonchev–Trinajstić information content (AvgIpc) is 3.57. The third-order valence-electron chi connectivity index (χ3n) is 7.36. The van der Waals surface area contributed by atoms with E-state index in [-0.39, 0.29) is 5.91 Å². The van der Waals surface area contributed by atoms with E-state index in [1.54, 1.807) is 0 Å². The van der Waals surface area contributed by atoms with E-state index in [1.165, 1.54) is 25.7 Å². The van der Waals surface area contributed by atoms with Gasteiger partial charge in [-0.05, 0) is 61.5 Å². The zero-order chi connectivity index (χ0) is 21.8. The Morgan fingerprint density at radius 2 is 2.03 bits per heavy atom. The minimum absolute atomic E-state index is 0.219. The largest absolute Gasteiger partial charge is 0.370 e. The minimum atomic E-state index is 0.219. The molecule has 5 rings (SSSR count).